The van der Waals surface area contributed by atoms with E-state index in [2.05, 4.69) is 15.9 Å². The molecule has 1 aromatic rings. The molecule has 1 aromatic carbocycles. The lowest BCUT2D eigenvalue weighted by Gasteiger charge is -2.09. The van der Waals surface area contributed by atoms with Crippen molar-refractivity contribution in [3.8, 4) is 11.5 Å². The number of esters is 1. The van der Waals surface area contributed by atoms with E-state index in [9.17, 15) is 4.79 Å². The highest BCUT2D eigenvalue weighted by Gasteiger charge is 2.04. The number of benzene rings is 1. The van der Waals surface area contributed by atoms with Gasteiger partial charge in [0.15, 0.2) is 0 Å². The molecule has 0 fully saturated rings. The molecule has 112 valence electrons. The zero-order chi connectivity index (χ0) is 14.8. The van der Waals surface area contributed by atoms with E-state index >= 15 is 0 Å². The van der Waals surface area contributed by atoms with Gasteiger partial charge in [-0.1, -0.05) is 0 Å². The molecular formula is C15H21BrO4. The zero-order valence-electron chi connectivity index (χ0n) is 12.0. The first-order chi connectivity index (χ1) is 9.67. The number of hydrogen-bond acceptors (Lipinski definition) is 4. The quantitative estimate of drug-likeness (QED) is 0.502. The SMILES string of the molecule is CCOC(=O)CCCCCOc1ccc(OC)cc1Br. The Labute approximate surface area is 128 Å². The zero-order valence-corrected chi connectivity index (χ0v) is 13.6. The van der Waals surface area contributed by atoms with Gasteiger partial charge in [0, 0.05) is 6.42 Å². The van der Waals surface area contributed by atoms with E-state index in [1.807, 2.05) is 25.1 Å². The normalized spacial score (nSPS) is 10.2. The second-order valence-electron chi connectivity index (χ2n) is 4.26. The number of methoxy groups -OCH3 is 1. The minimum Gasteiger partial charge on any atom is -0.497 e. The Balaban J connectivity index is 2.17. The number of unbranched alkanes of at least 4 members (excludes halogenated alkanes) is 2. The average Bonchev–Trinajstić information content (AvgIpc) is 2.44. The number of carbonyl (C=O) groups excluding carboxylic acids is 1. The van der Waals surface area contributed by atoms with E-state index in [0.717, 1.165) is 35.2 Å². The third kappa shape index (κ3) is 6.28. The van der Waals surface area contributed by atoms with Crippen molar-refractivity contribution in [3.05, 3.63) is 22.7 Å². The first-order valence-corrected chi connectivity index (χ1v) is 7.58. The minimum absolute atomic E-state index is 0.119. The fraction of sp³-hybridized carbons (Fsp3) is 0.533. The molecule has 0 amide bonds. The number of hydrogen-bond donors (Lipinski definition) is 0. The number of carbonyl (C=O) groups is 1. The van der Waals surface area contributed by atoms with Gasteiger partial charge in [0.1, 0.15) is 11.5 Å². The van der Waals surface area contributed by atoms with Crippen molar-refractivity contribution in [2.45, 2.75) is 32.6 Å². The van der Waals surface area contributed by atoms with Crippen molar-refractivity contribution in [3.63, 3.8) is 0 Å². The van der Waals surface area contributed by atoms with Gasteiger partial charge < -0.3 is 14.2 Å². The van der Waals surface area contributed by atoms with Crippen molar-refractivity contribution >= 4 is 21.9 Å². The molecule has 0 bridgehead atoms. The van der Waals surface area contributed by atoms with Crippen LogP contribution in [0, 0.1) is 0 Å². The molecule has 0 saturated heterocycles. The second-order valence-corrected chi connectivity index (χ2v) is 5.11. The van der Waals surface area contributed by atoms with Gasteiger partial charge in [0.2, 0.25) is 0 Å². The van der Waals surface area contributed by atoms with Crippen LogP contribution >= 0.6 is 15.9 Å². The molecular weight excluding hydrogens is 324 g/mol. The molecule has 0 radical (unpaired) electrons. The van der Waals surface area contributed by atoms with Crippen LogP contribution in [-0.4, -0.2) is 26.3 Å². The standard InChI is InChI=1S/C15H21BrO4/c1-3-19-15(17)7-5-4-6-10-20-14-9-8-12(18-2)11-13(14)16/h8-9,11H,3-7,10H2,1-2H3. The third-order valence-electron chi connectivity index (χ3n) is 2.73. The van der Waals surface area contributed by atoms with E-state index in [4.69, 9.17) is 14.2 Å². The average molecular weight is 345 g/mol. The minimum atomic E-state index is -0.119. The lowest BCUT2D eigenvalue weighted by atomic mass is 10.2. The summed E-state index contributed by atoms with van der Waals surface area (Å²) in [4.78, 5) is 11.1. The molecule has 0 unspecified atom stereocenters. The van der Waals surface area contributed by atoms with Crippen molar-refractivity contribution < 1.29 is 19.0 Å². The maximum absolute atomic E-state index is 11.1. The molecule has 0 aliphatic heterocycles. The Hall–Kier alpha value is -1.23. The van der Waals surface area contributed by atoms with Crippen LogP contribution < -0.4 is 9.47 Å². The van der Waals surface area contributed by atoms with Gasteiger partial charge in [0.25, 0.3) is 0 Å². The molecule has 1 rings (SSSR count). The molecule has 0 heterocycles. The van der Waals surface area contributed by atoms with E-state index in [0.29, 0.717) is 19.6 Å². The van der Waals surface area contributed by atoms with Crippen molar-refractivity contribution in [2.24, 2.45) is 0 Å². The van der Waals surface area contributed by atoms with Crippen LogP contribution in [-0.2, 0) is 9.53 Å². The first-order valence-electron chi connectivity index (χ1n) is 6.79. The Bertz CT molecular complexity index is 420. The predicted molar refractivity (Wildman–Crippen MR) is 81.3 cm³/mol. The summed E-state index contributed by atoms with van der Waals surface area (Å²) in [6.07, 6.45) is 3.19. The molecule has 20 heavy (non-hydrogen) atoms. The van der Waals surface area contributed by atoms with Crippen molar-refractivity contribution in [2.75, 3.05) is 20.3 Å². The van der Waals surface area contributed by atoms with Crippen LogP contribution in [0.4, 0.5) is 0 Å². The van der Waals surface area contributed by atoms with E-state index < -0.39 is 0 Å². The first kappa shape index (κ1) is 16.8. The van der Waals surface area contributed by atoms with Gasteiger partial charge >= 0.3 is 5.97 Å². The Morgan fingerprint density at radius 3 is 2.70 bits per heavy atom. The number of halogens is 1. The topological polar surface area (TPSA) is 44.8 Å². The summed E-state index contributed by atoms with van der Waals surface area (Å²) in [7, 11) is 1.63. The number of ether oxygens (including phenoxy) is 3. The molecule has 0 N–H and O–H groups in total. The Kier molecular flexibility index (Phi) is 8.11. The summed E-state index contributed by atoms with van der Waals surface area (Å²) in [5.41, 5.74) is 0. The molecule has 5 heteroatoms. The lowest BCUT2D eigenvalue weighted by molar-refractivity contribution is -0.143. The van der Waals surface area contributed by atoms with Gasteiger partial charge in [0.05, 0.1) is 24.8 Å². The monoisotopic (exact) mass is 344 g/mol. The summed E-state index contributed by atoms with van der Waals surface area (Å²) in [6.45, 7) is 2.90. The Morgan fingerprint density at radius 1 is 1.25 bits per heavy atom. The fourth-order valence-electron chi connectivity index (χ4n) is 1.69. The van der Waals surface area contributed by atoms with Crippen LogP contribution in [0.2, 0.25) is 0 Å². The molecule has 0 atom stereocenters. The summed E-state index contributed by atoms with van der Waals surface area (Å²) >= 11 is 3.44. The third-order valence-corrected chi connectivity index (χ3v) is 3.35. The Morgan fingerprint density at radius 2 is 2.05 bits per heavy atom. The summed E-state index contributed by atoms with van der Waals surface area (Å²) in [6, 6.07) is 5.61. The number of rotatable bonds is 9. The predicted octanol–water partition coefficient (Wildman–Crippen LogP) is 3.96. The van der Waals surface area contributed by atoms with Gasteiger partial charge in [-0.25, -0.2) is 0 Å². The van der Waals surface area contributed by atoms with Crippen LogP contribution in [0.5, 0.6) is 11.5 Å². The molecule has 0 aromatic heterocycles. The van der Waals surface area contributed by atoms with Crippen LogP contribution in [0.1, 0.15) is 32.6 Å². The molecule has 0 spiro atoms. The summed E-state index contributed by atoms with van der Waals surface area (Å²) < 4.78 is 16.5. The molecule has 0 aliphatic rings. The summed E-state index contributed by atoms with van der Waals surface area (Å²) in [5.74, 6) is 1.47. The maximum atomic E-state index is 11.1. The second kappa shape index (κ2) is 9.64. The molecule has 4 nitrogen and oxygen atoms in total. The van der Waals surface area contributed by atoms with Gasteiger partial charge in [-0.2, -0.15) is 0 Å². The van der Waals surface area contributed by atoms with Crippen molar-refractivity contribution in [1.82, 2.24) is 0 Å². The van der Waals surface area contributed by atoms with Crippen LogP contribution in [0.3, 0.4) is 0 Å². The van der Waals surface area contributed by atoms with Crippen LogP contribution in [0.25, 0.3) is 0 Å². The smallest absolute Gasteiger partial charge is 0.305 e. The van der Waals surface area contributed by atoms with E-state index in [-0.39, 0.29) is 5.97 Å². The largest absolute Gasteiger partial charge is 0.497 e. The van der Waals surface area contributed by atoms with Crippen molar-refractivity contribution in [1.29, 1.82) is 0 Å². The summed E-state index contributed by atoms with van der Waals surface area (Å²) in [5, 5.41) is 0. The van der Waals surface area contributed by atoms with Crippen LogP contribution in [0.15, 0.2) is 22.7 Å². The van der Waals surface area contributed by atoms with Gasteiger partial charge in [-0.15, -0.1) is 0 Å². The molecule has 0 aliphatic carbocycles. The lowest BCUT2D eigenvalue weighted by Crippen LogP contribution is -2.04. The molecule has 0 saturated carbocycles. The maximum Gasteiger partial charge on any atom is 0.305 e. The fourth-order valence-corrected chi connectivity index (χ4v) is 2.16. The van der Waals surface area contributed by atoms with Gasteiger partial charge in [-0.05, 0) is 60.3 Å². The highest BCUT2D eigenvalue weighted by atomic mass is 79.9. The highest BCUT2D eigenvalue weighted by molar-refractivity contribution is 9.10. The van der Waals surface area contributed by atoms with Gasteiger partial charge in [-0.3, -0.25) is 4.79 Å². The van der Waals surface area contributed by atoms with E-state index in [1.54, 1.807) is 7.11 Å². The highest BCUT2D eigenvalue weighted by Crippen LogP contribution is 2.29. The van der Waals surface area contributed by atoms with E-state index in [1.165, 1.54) is 0 Å².